The van der Waals surface area contributed by atoms with Crippen LogP contribution in [-0.4, -0.2) is 13.6 Å². The first-order valence-corrected chi connectivity index (χ1v) is 3.36. The Morgan fingerprint density at radius 1 is 1.56 bits per heavy atom. The van der Waals surface area contributed by atoms with E-state index < -0.39 is 0 Å². The van der Waals surface area contributed by atoms with Gasteiger partial charge in [-0.15, -0.1) is 0 Å². The lowest BCUT2D eigenvalue weighted by Crippen LogP contribution is -2.28. The normalized spacial score (nSPS) is 12.1. The fourth-order valence-corrected chi connectivity index (χ4v) is 0.648. The van der Waals surface area contributed by atoms with E-state index in [-0.39, 0.29) is 0 Å². The summed E-state index contributed by atoms with van der Waals surface area (Å²) in [5.41, 5.74) is 7.26. The van der Waals surface area contributed by atoms with Crippen molar-refractivity contribution in [2.45, 2.75) is 20.3 Å². The van der Waals surface area contributed by atoms with Crippen LogP contribution in [0.4, 0.5) is 0 Å². The first-order chi connectivity index (χ1) is 4.31. The van der Waals surface area contributed by atoms with Crippen molar-refractivity contribution >= 4 is 0 Å². The molecule has 0 aromatic rings. The zero-order chi connectivity index (χ0) is 7.11. The predicted molar refractivity (Wildman–Crippen MR) is 41.1 cm³/mol. The van der Waals surface area contributed by atoms with Gasteiger partial charge in [-0.2, -0.15) is 0 Å². The molecule has 0 spiro atoms. The van der Waals surface area contributed by atoms with Gasteiger partial charge < -0.3 is 0 Å². The molecule has 0 aromatic carbocycles. The molecule has 0 heterocycles. The van der Waals surface area contributed by atoms with Crippen LogP contribution in [-0.2, 0) is 0 Å². The van der Waals surface area contributed by atoms with Gasteiger partial charge in [-0.05, 0) is 20.4 Å². The van der Waals surface area contributed by atoms with Crippen LogP contribution < -0.4 is 10.9 Å². The molecule has 0 aliphatic heterocycles. The van der Waals surface area contributed by atoms with E-state index in [9.17, 15) is 0 Å². The van der Waals surface area contributed by atoms with Gasteiger partial charge in [0, 0.05) is 6.54 Å². The van der Waals surface area contributed by atoms with Crippen LogP contribution in [0.15, 0.2) is 11.6 Å². The summed E-state index contributed by atoms with van der Waals surface area (Å²) in [5.74, 6) is 0. The Labute approximate surface area is 57.3 Å². The Kier molecular flexibility index (Phi) is 5.57. The summed E-state index contributed by atoms with van der Waals surface area (Å²) in [5, 5.41) is 0. The van der Waals surface area contributed by atoms with E-state index in [1.807, 2.05) is 7.05 Å². The standard InChI is InChI=1S/C7H16N2/c1-4-5-7(2)6-9-8-3/h5,8-9H,4,6H2,1-3H3/b7-5+. The average Bonchev–Trinajstić information content (AvgIpc) is 1.85. The van der Waals surface area contributed by atoms with Crippen molar-refractivity contribution < 1.29 is 0 Å². The average molecular weight is 128 g/mol. The summed E-state index contributed by atoms with van der Waals surface area (Å²) in [4.78, 5) is 0. The zero-order valence-electron chi connectivity index (χ0n) is 6.49. The van der Waals surface area contributed by atoms with Crippen LogP contribution >= 0.6 is 0 Å². The van der Waals surface area contributed by atoms with Crippen molar-refractivity contribution in [2.24, 2.45) is 0 Å². The van der Waals surface area contributed by atoms with Crippen molar-refractivity contribution in [1.29, 1.82) is 0 Å². The van der Waals surface area contributed by atoms with E-state index in [0.29, 0.717) is 0 Å². The monoisotopic (exact) mass is 128 g/mol. The van der Waals surface area contributed by atoms with Gasteiger partial charge in [-0.1, -0.05) is 18.6 Å². The third-order valence-electron chi connectivity index (χ3n) is 1.10. The van der Waals surface area contributed by atoms with Crippen LogP contribution in [0, 0.1) is 0 Å². The highest BCUT2D eigenvalue weighted by Crippen LogP contribution is 1.90. The SMILES string of the molecule is CC/C=C(\C)CNNC. The third-order valence-corrected chi connectivity index (χ3v) is 1.10. The Morgan fingerprint density at radius 2 is 2.22 bits per heavy atom. The Morgan fingerprint density at radius 3 is 2.67 bits per heavy atom. The number of nitrogens with one attached hydrogen (secondary N) is 2. The largest absolute Gasteiger partial charge is 0.261 e. The number of hydrogen-bond acceptors (Lipinski definition) is 2. The van der Waals surface area contributed by atoms with Crippen LogP contribution in [0.5, 0.6) is 0 Å². The molecule has 0 radical (unpaired) electrons. The molecule has 0 atom stereocenters. The van der Waals surface area contributed by atoms with Crippen molar-refractivity contribution in [2.75, 3.05) is 13.6 Å². The van der Waals surface area contributed by atoms with Gasteiger partial charge in [0.15, 0.2) is 0 Å². The second-order valence-electron chi connectivity index (χ2n) is 2.06. The molecule has 2 N–H and O–H groups in total. The van der Waals surface area contributed by atoms with E-state index >= 15 is 0 Å². The van der Waals surface area contributed by atoms with Gasteiger partial charge >= 0.3 is 0 Å². The lowest BCUT2D eigenvalue weighted by Gasteiger charge is -2.00. The van der Waals surface area contributed by atoms with Gasteiger partial charge in [0.2, 0.25) is 0 Å². The Balaban J connectivity index is 3.25. The van der Waals surface area contributed by atoms with Gasteiger partial charge in [0.25, 0.3) is 0 Å². The number of rotatable bonds is 4. The van der Waals surface area contributed by atoms with Crippen molar-refractivity contribution in [3.05, 3.63) is 11.6 Å². The summed E-state index contributed by atoms with van der Waals surface area (Å²) in [6.07, 6.45) is 3.33. The summed E-state index contributed by atoms with van der Waals surface area (Å²) in [6.45, 7) is 5.20. The zero-order valence-corrected chi connectivity index (χ0v) is 6.49. The molecule has 0 saturated carbocycles. The highest BCUT2D eigenvalue weighted by atomic mass is 15.3. The quantitative estimate of drug-likeness (QED) is 0.437. The molecule has 2 nitrogen and oxygen atoms in total. The molecule has 0 fully saturated rings. The number of allylic oxidation sites excluding steroid dienone is 1. The topological polar surface area (TPSA) is 24.1 Å². The lowest BCUT2D eigenvalue weighted by atomic mass is 10.2. The molecule has 0 amide bonds. The van der Waals surface area contributed by atoms with E-state index in [1.54, 1.807) is 0 Å². The first kappa shape index (κ1) is 8.66. The molecular weight excluding hydrogens is 112 g/mol. The van der Waals surface area contributed by atoms with Gasteiger partial charge in [0.1, 0.15) is 0 Å². The second kappa shape index (κ2) is 5.79. The predicted octanol–water partition coefficient (Wildman–Crippen LogP) is 1.07. The molecule has 2 heteroatoms. The molecular formula is C7H16N2. The van der Waals surface area contributed by atoms with E-state index in [0.717, 1.165) is 13.0 Å². The number of hydrazine groups is 1. The maximum Gasteiger partial charge on any atom is 0.0307 e. The van der Waals surface area contributed by atoms with Crippen molar-refractivity contribution in [3.63, 3.8) is 0 Å². The van der Waals surface area contributed by atoms with Gasteiger partial charge in [-0.25, -0.2) is 0 Å². The fraction of sp³-hybridized carbons (Fsp3) is 0.714. The van der Waals surface area contributed by atoms with Crippen LogP contribution in [0.3, 0.4) is 0 Å². The first-order valence-electron chi connectivity index (χ1n) is 3.36. The molecule has 9 heavy (non-hydrogen) atoms. The molecule has 0 aromatic heterocycles. The van der Waals surface area contributed by atoms with Crippen LogP contribution in [0.25, 0.3) is 0 Å². The molecule has 0 aliphatic rings. The second-order valence-corrected chi connectivity index (χ2v) is 2.06. The van der Waals surface area contributed by atoms with Crippen LogP contribution in [0.2, 0.25) is 0 Å². The minimum atomic E-state index is 0.935. The molecule has 0 aliphatic carbocycles. The molecule has 0 unspecified atom stereocenters. The third kappa shape index (κ3) is 5.53. The Bertz CT molecular complexity index is 86.9. The lowest BCUT2D eigenvalue weighted by molar-refractivity contribution is 0.632. The molecule has 0 saturated heterocycles. The minimum absolute atomic E-state index is 0.935. The highest BCUT2D eigenvalue weighted by molar-refractivity contribution is 4.98. The van der Waals surface area contributed by atoms with Gasteiger partial charge in [-0.3, -0.25) is 10.9 Å². The smallest absolute Gasteiger partial charge is 0.0307 e. The Hall–Kier alpha value is -0.340. The fourth-order valence-electron chi connectivity index (χ4n) is 0.648. The molecule has 0 rings (SSSR count). The summed E-state index contributed by atoms with van der Waals surface area (Å²) in [7, 11) is 1.87. The maximum absolute atomic E-state index is 3.01. The van der Waals surface area contributed by atoms with E-state index in [1.165, 1.54) is 5.57 Å². The van der Waals surface area contributed by atoms with Crippen molar-refractivity contribution in [3.8, 4) is 0 Å². The maximum atomic E-state index is 3.01. The highest BCUT2D eigenvalue weighted by Gasteiger charge is 1.83. The summed E-state index contributed by atoms with van der Waals surface area (Å²) >= 11 is 0. The van der Waals surface area contributed by atoms with Crippen molar-refractivity contribution in [1.82, 2.24) is 10.9 Å². The van der Waals surface area contributed by atoms with E-state index in [4.69, 9.17) is 0 Å². The number of hydrogen-bond donors (Lipinski definition) is 2. The van der Waals surface area contributed by atoms with Gasteiger partial charge in [0.05, 0.1) is 0 Å². The molecule has 54 valence electrons. The minimum Gasteiger partial charge on any atom is -0.261 e. The summed E-state index contributed by atoms with van der Waals surface area (Å²) < 4.78 is 0. The van der Waals surface area contributed by atoms with E-state index in [2.05, 4.69) is 30.8 Å². The summed E-state index contributed by atoms with van der Waals surface area (Å²) in [6, 6.07) is 0. The van der Waals surface area contributed by atoms with Crippen LogP contribution in [0.1, 0.15) is 20.3 Å². The molecule has 0 bridgehead atoms.